The van der Waals surface area contributed by atoms with Gasteiger partial charge in [0.25, 0.3) is 0 Å². The average Bonchev–Trinajstić information content (AvgIpc) is 2.04. The van der Waals surface area contributed by atoms with E-state index in [2.05, 4.69) is 39.5 Å². The monoisotopic (exact) mass is 186 g/mol. The number of thioether (sulfide) groups is 1. The highest BCUT2D eigenvalue weighted by molar-refractivity contribution is 7.99. The van der Waals surface area contributed by atoms with Crippen LogP contribution >= 0.6 is 11.8 Å². The van der Waals surface area contributed by atoms with Gasteiger partial charge in [-0.15, -0.1) is 0 Å². The molecule has 0 spiro atoms. The predicted octanol–water partition coefficient (Wildman–Crippen LogP) is 3.81. The van der Waals surface area contributed by atoms with Gasteiger partial charge in [-0.05, 0) is 36.3 Å². The molecule has 3 atom stereocenters. The Morgan fingerprint density at radius 1 is 1.42 bits per heavy atom. The molecule has 0 aliphatic carbocycles. The van der Waals surface area contributed by atoms with E-state index in [1.54, 1.807) is 0 Å². The molecule has 0 nitrogen and oxygen atoms in total. The topological polar surface area (TPSA) is 0 Å². The van der Waals surface area contributed by atoms with E-state index in [4.69, 9.17) is 0 Å². The summed E-state index contributed by atoms with van der Waals surface area (Å²) in [6.07, 6.45) is 2.80. The maximum absolute atomic E-state index is 2.45. The molecule has 0 bridgehead atoms. The van der Waals surface area contributed by atoms with E-state index >= 15 is 0 Å². The summed E-state index contributed by atoms with van der Waals surface area (Å²) in [5, 5.41) is 0.936. The molecular formula is C11H22S. The Morgan fingerprint density at radius 3 is 2.58 bits per heavy atom. The van der Waals surface area contributed by atoms with Gasteiger partial charge in [-0.25, -0.2) is 0 Å². The third-order valence-electron chi connectivity index (χ3n) is 3.30. The quantitative estimate of drug-likeness (QED) is 0.632. The van der Waals surface area contributed by atoms with Gasteiger partial charge in [-0.1, -0.05) is 27.7 Å². The summed E-state index contributed by atoms with van der Waals surface area (Å²) < 4.78 is 0. The summed E-state index contributed by atoms with van der Waals surface area (Å²) in [6.45, 7) is 9.54. The first-order chi connectivity index (χ1) is 5.66. The molecule has 0 amide bonds. The van der Waals surface area contributed by atoms with E-state index in [9.17, 15) is 0 Å². The van der Waals surface area contributed by atoms with Crippen molar-refractivity contribution in [3.05, 3.63) is 0 Å². The van der Waals surface area contributed by atoms with Crippen molar-refractivity contribution in [2.75, 3.05) is 5.75 Å². The zero-order chi connectivity index (χ0) is 9.14. The summed E-state index contributed by atoms with van der Waals surface area (Å²) in [6, 6.07) is 0. The van der Waals surface area contributed by atoms with Crippen LogP contribution in [0.4, 0.5) is 0 Å². The van der Waals surface area contributed by atoms with Crippen molar-refractivity contribution in [1.29, 1.82) is 0 Å². The van der Waals surface area contributed by atoms with Crippen molar-refractivity contribution < 1.29 is 0 Å². The maximum atomic E-state index is 2.45. The van der Waals surface area contributed by atoms with E-state index < -0.39 is 0 Å². The van der Waals surface area contributed by atoms with Crippen molar-refractivity contribution in [1.82, 2.24) is 0 Å². The van der Waals surface area contributed by atoms with Crippen LogP contribution in [0.3, 0.4) is 0 Å². The van der Waals surface area contributed by atoms with E-state index in [0.717, 1.165) is 23.0 Å². The zero-order valence-corrected chi connectivity index (χ0v) is 9.66. The first-order valence-electron chi connectivity index (χ1n) is 5.28. The standard InChI is InChI=1S/C11H22S/c1-5-11-9(4)10(8(2)3)6-7-12-11/h8-11H,5-7H2,1-4H3. The summed E-state index contributed by atoms with van der Waals surface area (Å²) in [7, 11) is 0. The van der Waals surface area contributed by atoms with E-state index in [0.29, 0.717) is 0 Å². The zero-order valence-electron chi connectivity index (χ0n) is 8.84. The summed E-state index contributed by atoms with van der Waals surface area (Å²) in [5.74, 6) is 4.20. The average molecular weight is 186 g/mol. The fraction of sp³-hybridized carbons (Fsp3) is 1.00. The molecule has 1 saturated heterocycles. The molecule has 0 aromatic rings. The highest BCUT2D eigenvalue weighted by atomic mass is 32.2. The van der Waals surface area contributed by atoms with Crippen LogP contribution in [-0.4, -0.2) is 11.0 Å². The van der Waals surface area contributed by atoms with Crippen molar-refractivity contribution in [3.8, 4) is 0 Å². The number of rotatable bonds is 2. The van der Waals surface area contributed by atoms with Gasteiger partial charge in [0.05, 0.1) is 0 Å². The van der Waals surface area contributed by atoms with Crippen molar-refractivity contribution >= 4 is 11.8 Å². The van der Waals surface area contributed by atoms with Crippen LogP contribution in [-0.2, 0) is 0 Å². The lowest BCUT2D eigenvalue weighted by atomic mass is 9.80. The molecule has 12 heavy (non-hydrogen) atoms. The smallest absolute Gasteiger partial charge is 0.00728 e. The van der Waals surface area contributed by atoms with E-state index in [1.165, 1.54) is 18.6 Å². The lowest BCUT2D eigenvalue weighted by Gasteiger charge is -2.37. The molecule has 1 rings (SSSR count). The second-order valence-electron chi connectivity index (χ2n) is 4.37. The van der Waals surface area contributed by atoms with Gasteiger partial charge in [-0.2, -0.15) is 11.8 Å². The third kappa shape index (κ3) is 2.18. The lowest BCUT2D eigenvalue weighted by Crippen LogP contribution is -2.31. The minimum absolute atomic E-state index is 0.884. The molecule has 1 heterocycles. The molecule has 0 radical (unpaired) electrons. The van der Waals surface area contributed by atoms with Crippen molar-refractivity contribution in [2.45, 2.75) is 45.8 Å². The minimum Gasteiger partial charge on any atom is -0.158 e. The molecule has 1 aliphatic rings. The molecule has 1 fully saturated rings. The second-order valence-corrected chi connectivity index (χ2v) is 5.72. The lowest BCUT2D eigenvalue weighted by molar-refractivity contribution is 0.247. The largest absolute Gasteiger partial charge is 0.158 e. The highest BCUT2D eigenvalue weighted by Crippen LogP contribution is 2.39. The van der Waals surface area contributed by atoms with Crippen LogP contribution < -0.4 is 0 Å². The van der Waals surface area contributed by atoms with E-state index in [1.807, 2.05) is 0 Å². The molecule has 1 aliphatic heterocycles. The Kier molecular flexibility index (Phi) is 3.95. The van der Waals surface area contributed by atoms with Crippen LogP contribution in [0.1, 0.15) is 40.5 Å². The van der Waals surface area contributed by atoms with Gasteiger partial charge in [0.2, 0.25) is 0 Å². The van der Waals surface area contributed by atoms with Crippen LogP contribution in [0, 0.1) is 17.8 Å². The van der Waals surface area contributed by atoms with Gasteiger partial charge >= 0.3 is 0 Å². The molecule has 0 aromatic carbocycles. The Balaban J connectivity index is 2.53. The Hall–Kier alpha value is 0.350. The molecule has 0 saturated carbocycles. The van der Waals surface area contributed by atoms with Crippen molar-refractivity contribution in [2.24, 2.45) is 17.8 Å². The number of hydrogen-bond donors (Lipinski definition) is 0. The molecule has 3 unspecified atom stereocenters. The third-order valence-corrected chi connectivity index (χ3v) is 4.97. The van der Waals surface area contributed by atoms with Crippen LogP contribution in [0.15, 0.2) is 0 Å². The Labute approximate surface area is 81.5 Å². The van der Waals surface area contributed by atoms with Gasteiger partial charge in [0.1, 0.15) is 0 Å². The van der Waals surface area contributed by atoms with Gasteiger partial charge < -0.3 is 0 Å². The first-order valence-corrected chi connectivity index (χ1v) is 6.33. The van der Waals surface area contributed by atoms with Crippen LogP contribution in [0.25, 0.3) is 0 Å². The van der Waals surface area contributed by atoms with Gasteiger partial charge in [0.15, 0.2) is 0 Å². The highest BCUT2D eigenvalue weighted by Gasteiger charge is 2.30. The Morgan fingerprint density at radius 2 is 2.08 bits per heavy atom. The Bertz CT molecular complexity index is 131. The molecule has 0 aromatic heterocycles. The molecule has 1 heteroatoms. The normalized spacial score (nSPS) is 37.2. The van der Waals surface area contributed by atoms with Gasteiger partial charge in [-0.3, -0.25) is 0 Å². The van der Waals surface area contributed by atoms with E-state index in [-0.39, 0.29) is 0 Å². The fourth-order valence-corrected chi connectivity index (χ4v) is 3.93. The van der Waals surface area contributed by atoms with Crippen molar-refractivity contribution in [3.63, 3.8) is 0 Å². The first kappa shape index (κ1) is 10.4. The van der Waals surface area contributed by atoms with Gasteiger partial charge in [0, 0.05) is 5.25 Å². The molecule has 72 valence electrons. The summed E-state index contributed by atoms with van der Waals surface area (Å²) in [4.78, 5) is 0. The maximum Gasteiger partial charge on any atom is 0.00728 e. The second kappa shape index (κ2) is 4.55. The van der Waals surface area contributed by atoms with Crippen LogP contribution in [0.2, 0.25) is 0 Å². The molecule has 0 N–H and O–H groups in total. The summed E-state index contributed by atoms with van der Waals surface area (Å²) in [5.41, 5.74) is 0. The molecular weight excluding hydrogens is 164 g/mol. The minimum atomic E-state index is 0.884. The summed E-state index contributed by atoms with van der Waals surface area (Å²) >= 11 is 2.19. The van der Waals surface area contributed by atoms with Crippen LogP contribution in [0.5, 0.6) is 0 Å². The number of hydrogen-bond acceptors (Lipinski definition) is 1. The predicted molar refractivity (Wildman–Crippen MR) is 58.6 cm³/mol. The fourth-order valence-electron chi connectivity index (χ4n) is 2.48. The SMILES string of the molecule is CCC1SCCC(C(C)C)C1C.